The van der Waals surface area contributed by atoms with E-state index in [1.165, 1.54) is 308 Å². The molecular formula is C68H137N2O6P. The number of carbonyl (C=O) groups is 1. The van der Waals surface area contributed by atoms with Crippen molar-refractivity contribution in [2.75, 3.05) is 40.9 Å². The molecule has 0 aromatic rings. The zero-order valence-corrected chi connectivity index (χ0v) is 53.6. The summed E-state index contributed by atoms with van der Waals surface area (Å²) in [7, 11) is 1.28. The summed E-state index contributed by atoms with van der Waals surface area (Å²) in [6.45, 7) is 4.71. The van der Waals surface area contributed by atoms with Gasteiger partial charge in [-0.25, -0.2) is 0 Å². The second-order valence-electron chi connectivity index (χ2n) is 25.3. The Morgan fingerprint density at radius 2 is 0.701 bits per heavy atom. The SMILES string of the molecule is CCCCCCCCCCCCCCCC/C=C/C(O)C(COP(=O)([O-])OCC[N+](C)(C)C)NC(=O)CCCCCCCCCCCCCCCCCCCCCCCCCCCCCCCCCCCCCCCCC. The Bertz CT molecular complexity index is 1260. The van der Waals surface area contributed by atoms with Crippen molar-refractivity contribution in [3.8, 4) is 0 Å². The molecule has 3 atom stereocenters. The number of hydrogen-bond acceptors (Lipinski definition) is 6. The molecule has 77 heavy (non-hydrogen) atoms. The van der Waals surface area contributed by atoms with Gasteiger partial charge >= 0.3 is 0 Å². The molecule has 9 heteroatoms. The second-order valence-corrected chi connectivity index (χ2v) is 26.7. The number of hydrogen-bond donors (Lipinski definition) is 2. The molecular weight excluding hydrogens is 972 g/mol. The molecule has 1 amide bonds. The average molecular weight is 1110 g/mol. The Balaban J connectivity index is 3.86. The number of allylic oxidation sites excluding steroid dienone is 1. The second kappa shape index (κ2) is 59.8. The largest absolute Gasteiger partial charge is 0.756 e. The van der Waals surface area contributed by atoms with Crippen molar-refractivity contribution < 1.29 is 32.9 Å². The first-order valence-electron chi connectivity index (χ1n) is 34.6. The number of nitrogens with zero attached hydrogens (tertiary/aromatic N) is 1. The molecule has 0 aliphatic carbocycles. The predicted octanol–water partition coefficient (Wildman–Crippen LogP) is 21.1. The van der Waals surface area contributed by atoms with Crippen LogP contribution in [-0.2, 0) is 18.4 Å². The molecule has 0 radical (unpaired) electrons. The summed E-state index contributed by atoms with van der Waals surface area (Å²) < 4.78 is 23.4. The summed E-state index contributed by atoms with van der Waals surface area (Å²) in [5.41, 5.74) is 0. The number of phosphoric ester groups is 1. The van der Waals surface area contributed by atoms with Crippen LogP contribution in [0.5, 0.6) is 0 Å². The van der Waals surface area contributed by atoms with Crippen LogP contribution in [0, 0.1) is 0 Å². The van der Waals surface area contributed by atoms with Gasteiger partial charge in [-0.1, -0.05) is 353 Å². The molecule has 3 unspecified atom stereocenters. The molecule has 0 rings (SSSR count). The zero-order chi connectivity index (χ0) is 56.3. The fraction of sp³-hybridized carbons (Fsp3) is 0.956. The Kier molecular flexibility index (Phi) is 59.3. The number of quaternary nitrogens is 1. The highest BCUT2D eigenvalue weighted by atomic mass is 31.2. The normalized spacial score (nSPS) is 13.7. The fourth-order valence-electron chi connectivity index (χ4n) is 10.9. The maximum Gasteiger partial charge on any atom is 0.268 e. The molecule has 0 saturated carbocycles. The molecule has 0 heterocycles. The highest BCUT2D eigenvalue weighted by Crippen LogP contribution is 2.38. The van der Waals surface area contributed by atoms with Crippen LogP contribution in [-0.4, -0.2) is 68.5 Å². The molecule has 8 nitrogen and oxygen atoms in total. The maximum absolute atomic E-state index is 13.0. The lowest BCUT2D eigenvalue weighted by molar-refractivity contribution is -0.870. The van der Waals surface area contributed by atoms with Crippen LogP contribution in [0.1, 0.15) is 367 Å². The minimum Gasteiger partial charge on any atom is -0.756 e. The molecule has 0 bridgehead atoms. The molecule has 0 fully saturated rings. The van der Waals surface area contributed by atoms with Gasteiger partial charge in [0, 0.05) is 6.42 Å². The van der Waals surface area contributed by atoms with Crippen LogP contribution < -0.4 is 10.2 Å². The highest BCUT2D eigenvalue weighted by molar-refractivity contribution is 7.45. The van der Waals surface area contributed by atoms with E-state index in [0.29, 0.717) is 17.4 Å². The number of aliphatic hydroxyl groups excluding tert-OH is 1. The molecule has 0 aromatic carbocycles. The minimum atomic E-state index is -4.59. The Labute approximate surface area is 482 Å². The first-order valence-corrected chi connectivity index (χ1v) is 36.0. The number of nitrogens with one attached hydrogen (secondary N) is 1. The number of phosphoric acid groups is 1. The Hall–Kier alpha value is -0.760. The van der Waals surface area contributed by atoms with Crippen LogP contribution in [0.3, 0.4) is 0 Å². The van der Waals surface area contributed by atoms with Crippen molar-refractivity contribution in [1.82, 2.24) is 5.32 Å². The molecule has 0 aromatic heterocycles. The first-order chi connectivity index (χ1) is 37.5. The standard InChI is InChI=1S/C68H137N2O6P/c1-6-8-10-12-14-16-18-20-22-24-25-26-27-28-29-30-31-32-33-34-35-36-37-38-39-40-41-42-43-44-45-46-48-50-52-54-56-58-60-62-68(72)69-66(65-76-77(73,74)75-64-63-70(3,4)5)67(71)61-59-57-55-53-51-49-47-23-21-19-17-15-13-11-9-7-2/h59,61,66-67,71H,6-58,60,62-65H2,1-5H3,(H-,69,72,73,74)/b61-59+. The van der Waals surface area contributed by atoms with Gasteiger partial charge in [-0.3, -0.25) is 9.36 Å². The fourth-order valence-corrected chi connectivity index (χ4v) is 11.6. The maximum atomic E-state index is 13.0. The Morgan fingerprint density at radius 1 is 0.442 bits per heavy atom. The van der Waals surface area contributed by atoms with E-state index >= 15 is 0 Å². The van der Waals surface area contributed by atoms with Gasteiger partial charge < -0.3 is 28.8 Å². The van der Waals surface area contributed by atoms with Gasteiger partial charge in [0.2, 0.25) is 5.91 Å². The number of carbonyl (C=O) groups excluding carboxylic acids is 1. The van der Waals surface area contributed by atoms with E-state index in [1.54, 1.807) is 6.08 Å². The van der Waals surface area contributed by atoms with Crippen LogP contribution in [0.25, 0.3) is 0 Å². The van der Waals surface area contributed by atoms with E-state index in [2.05, 4.69) is 19.2 Å². The van der Waals surface area contributed by atoms with Crippen molar-refractivity contribution in [2.24, 2.45) is 0 Å². The third kappa shape index (κ3) is 62.7. The topological polar surface area (TPSA) is 108 Å². The van der Waals surface area contributed by atoms with Gasteiger partial charge in [0.25, 0.3) is 7.82 Å². The van der Waals surface area contributed by atoms with E-state index in [0.717, 1.165) is 38.5 Å². The molecule has 0 saturated heterocycles. The van der Waals surface area contributed by atoms with Gasteiger partial charge in [0.1, 0.15) is 13.2 Å². The Morgan fingerprint density at radius 3 is 0.974 bits per heavy atom. The van der Waals surface area contributed by atoms with Crippen molar-refractivity contribution in [3.05, 3.63) is 12.2 Å². The number of aliphatic hydroxyl groups is 1. The summed E-state index contributed by atoms with van der Waals surface area (Å²) in [5.74, 6) is -0.189. The molecule has 0 aliphatic heterocycles. The third-order valence-corrected chi connectivity index (χ3v) is 17.2. The average Bonchev–Trinajstić information content (AvgIpc) is 3.39. The third-order valence-electron chi connectivity index (χ3n) is 16.2. The number of likely N-dealkylation sites (N-methyl/N-ethyl adjacent to an activating group) is 1. The van der Waals surface area contributed by atoms with Crippen LogP contribution in [0.4, 0.5) is 0 Å². The van der Waals surface area contributed by atoms with E-state index in [4.69, 9.17) is 9.05 Å². The van der Waals surface area contributed by atoms with Crippen LogP contribution in [0.2, 0.25) is 0 Å². The van der Waals surface area contributed by atoms with Crippen molar-refractivity contribution in [1.29, 1.82) is 0 Å². The lowest BCUT2D eigenvalue weighted by Crippen LogP contribution is -2.45. The minimum absolute atomic E-state index is 0.00272. The molecule has 0 aliphatic rings. The predicted molar refractivity (Wildman–Crippen MR) is 335 cm³/mol. The van der Waals surface area contributed by atoms with E-state index in [1.807, 2.05) is 27.2 Å². The lowest BCUT2D eigenvalue weighted by Gasteiger charge is -2.29. The molecule has 0 spiro atoms. The number of unbranched alkanes of at least 4 members (excludes halogenated alkanes) is 52. The van der Waals surface area contributed by atoms with E-state index in [-0.39, 0.29) is 19.1 Å². The van der Waals surface area contributed by atoms with Gasteiger partial charge in [-0.2, -0.15) is 0 Å². The van der Waals surface area contributed by atoms with Crippen LogP contribution in [0.15, 0.2) is 12.2 Å². The lowest BCUT2D eigenvalue weighted by atomic mass is 10.0. The molecule has 2 N–H and O–H groups in total. The summed E-state index contributed by atoms with van der Waals surface area (Å²) in [6.07, 6.45) is 76.4. The molecule has 460 valence electrons. The summed E-state index contributed by atoms with van der Waals surface area (Å²) in [4.78, 5) is 25.5. The van der Waals surface area contributed by atoms with Gasteiger partial charge in [-0.15, -0.1) is 0 Å². The highest BCUT2D eigenvalue weighted by Gasteiger charge is 2.23. The number of rotatable bonds is 65. The van der Waals surface area contributed by atoms with E-state index < -0.39 is 20.0 Å². The van der Waals surface area contributed by atoms with E-state index in [9.17, 15) is 19.4 Å². The first kappa shape index (κ1) is 76.2. The quantitative estimate of drug-likeness (QED) is 0.0272. The number of amides is 1. The van der Waals surface area contributed by atoms with Gasteiger partial charge in [0.15, 0.2) is 0 Å². The smallest absolute Gasteiger partial charge is 0.268 e. The zero-order valence-electron chi connectivity index (χ0n) is 52.7. The summed E-state index contributed by atoms with van der Waals surface area (Å²) in [6, 6.07) is -0.882. The summed E-state index contributed by atoms with van der Waals surface area (Å²) in [5, 5.41) is 13.9. The monoisotopic (exact) mass is 1110 g/mol. The van der Waals surface area contributed by atoms with Crippen molar-refractivity contribution in [2.45, 2.75) is 379 Å². The van der Waals surface area contributed by atoms with Gasteiger partial charge in [0.05, 0.1) is 39.9 Å². The van der Waals surface area contributed by atoms with Gasteiger partial charge in [-0.05, 0) is 19.3 Å². The van der Waals surface area contributed by atoms with Crippen molar-refractivity contribution in [3.63, 3.8) is 0 Å². The van der Waals surface area contributed by atoms with Crippen molar-refractivity contribution >= 4 is 13.7 Å². The van der Waals surface area contributed by atoms with Crippen LogP contribution >= 0.6 is 7.82 Å². The summed E-state index contributed by atoms with van der Waals surface area (Å²) >= 11 is 0.